The minimum absolute atomic E-state index is 0.0631. The van der Waals surface area contributed by atoms with Gasteiger partial charge in [-0.25, -0.2) is 0 Å². The number of rotatable bonds is 5. The van der Waals surface area contributed by atoms with Gasteiger partial charge in [-0.3, -0.25) is 9.59 Å². The molecule has 1 aromatic rings. The molecule has 0 saturated heterocycles. The van der Waals surface area contributed by atoms with Crippen molar-refractivity contribution in [1.29, 1.82) is 0 Å². The summed E-state index contributed by atoms with van der Waals surface area (Å²) in [5.74, 6) is -1.48. The number of aliphatic carboxylic acids is 1. The smallest absolute Gasteiger partial charge is 0.306 e. The lowest BCUT2D eigenvalue weighted by Gasteiger charge is -2.12. The molecule has 1 unspecified atom stereocenters. The summed E-state index contributed by atoms with van der Waals surface area (Å²) < 4.78 is 5.12. The van der Waals surface area contributed by atoms with Gasteiger partial charge in [-0.2, -0.15) is 0 Å². The molecule has 1 amide bonds. The maximum Gasteiger partial charge on any atom is 0.306 e. The Morgan fingerprint density at radius 1 is 1.44 bits per heavy atom. The quantitative estimate of drug-likeness (QED) is 0.839. The van der Waals surface area contributed by atoms with Crippen molar-refractivity contribution < 1.29 is 19.4 Å². The summed E-state index contributed by atoms with van der Waals surface area (Å²) in [6, 6.07) is 5.40. The second-order valence-corrected chi connectivity index (χ2v) is 4.20. The van der Waals surface area contributed by atoms with E-state index in [1.54, 1.807) is 12.1 Å². The summed E-state index contributed by atoms with van der Waals surface area (Å²) in [6.07, 6.45) is -0.0631. The Hall–Kier alpha value is -2.04. The molecule has 0 saturated carbocycles. The van der Waals surface area contributed by atoms with Crippen LogP contribution in [0.3, 0.4) is 0 Å². The maximum atomic E-state index is 11.7. The first kappa shape index (κ1) is 14.0. The number of nitrogens with one attached hydrogen (secondary N) is 1. The molecule has 0 aliphatic carbocycles. The zero-order valence-electron chi connectivity index (χ0n) is 10.7. The SMILES string of the molecule is COc1ccc(C)cc1NC(=O)CC(C)C(=O)O. The lowest BCUT2D eigenvalue weighted by Crippen LogP contribution is -2.20. The number of carboxylic acid groups (broad SMARTS) is 1. The molecule has 1 atom stereocenters. The van der Waals surface area contributed by atoms with Crippen molar-refractivity contribution in [1.82, 2.24) is 0 Å². The highest BCUT2D eigenvalue weighted by atomic mass is 16.5. The van der Waals surface area contributed by atoms with Crippen LogP contribution in [0.5, 0.6) is 5.75 Å². The van der Waals surface area contributed by atoms with Crippen molar-refractivity contribution in [2.45, 2.75) is 20.3 Å². The fourth-order valence-corrected chi connectivity index (χ4v) is 1.49. The van der Waals surface area contributed by atoms with Gasteiger partial charge in [0.15, 0.2) is 0 Å². The normalized spacial score (nSPS) is 11.7. The van der Waals surface area contributed by atoms with Gasteiger partial charge in [0.05, 0.1) is 18.7 Å². The minimum Gasteiger partial charge on any atom is -0.495 e. The van der Waals surface area contributed by atoms with Gasteiger partial charge < -0.3 is 15.2 Å². The van der Waals surface area contributed by atoms with E-state index in [2.05, 4.69) is 5.32 Å². The van der Waals surface area contributed by atoms with E-state index < -0.39 is 11.9 Å². The molecule has 2 N–H and O–H groups in total. The van der Waals surface area contributed by atoms with Crippen molar-refractivity contribution in [3.63, 3.8) is 0 Å². The zero-order valence-corrected chi connectivity index (χ0v) is 10.7. The van der Waals surface area contributed by atoms with Gasteiger partial charge >= 0.3 is 5.97 Å². The van der Waals surface area contributed by atoms with Crippen molar-refractivity contribution in [2.75, 3.05) is 12.4 Å². The predicted molar refractivity (Wildman–Crippen MR) is 67.8 cm³/mol. The van der Waals surface area contributed by atoms with Gasteiger partial charge in [-0.1, -0.05) is 13.0 Å². The standard InChI is InChI=1S/C13H17NO4/c1-8-4-5-11(18-3)10(6-8)14-12(15)7-9(2)13(16)17/h4-6,9H,7H2,1-3H3,(H,14,15)(H,16,17). The van der Waals surface area contributed by atoms with Gasteiger partial charge in [0.25, 0.3) is 0 Å². The van der Waals surface area contributed by atoms with E-state index in [1.165, 1.54) is 14.0 Å². The lowest BCUT2D eigenvalue weighted by atomic mass is 10.1. The van der Waals surface area contributed by atoms with E-state index >= 15 is 0 Å². The van der Waals surface area contributed by atoms with E-state index in [0.29, 0.717) is 11.4 Å². The third-order valence-corrected chi connectivity index (χ3v) is 2.54. The van der Waals surface area contributed by atoms with Crippen molar-refractivity contribution >= 4 is 17.6 Å². The highest BCUT2D eigenvalue weighted by Gasteiger charge is 2.16. The Morgan fingerprint density at radius 3 is 2.67 bits per heavy atom. The minimum atomic E-state index is -0.985. The van der Waals surface area contributed by atoms with Crippen molar-refractivity contribution in [3.8, 4) is 5.75 Å². The molecule has 5 heteroatoms. The van der Waals surface area contributed by atoms with Crippen LogP contribution in [0.4, 0.5) is 5.69 Å². The van der Waals surface area contributed by atoms with Crippen LogP contribution < -0.4 is 10.1 Å². The van der Waals surface area contributed by atoms with Crippen LogP contribution in [0.1, 0.15) is 18.9 Å². The first-order valence-corrected chi connectivity index (χ1v) is 5.61. The molecule has 98 valence electrons. The number of amides is 1. The number of methoxy groups -OCH3 is 1. The molecule has 0 bridgehead atoms. The number of carbonyl (C=O) groups is 2. The number of carboxylic acids is 1. The van der Waals surface area contributed by atoms with Gasteiger partial charge in [0.2, 0.25) is 5.91 Å². The molecule has 0 aromatic heterocycles. The number of hydrogen-bond donors (Lipinski definition) is 2. The highest BCUT2D eigenvalue weighted by molar-refractivity contribution is 5.94. The number of hydrogen-bond acceptors (Lipinski definition) is 3. The third-order valence-electron chi connectivity index (χ3n) is 2.54. The molecule has 0 radical (unpaired) electrons. The molecule has 5 nitrogen and oxygen atoms in total. The first-order chi connectivity index (χ1) is 8.43. The lowest BCUT2D eigenvalue weighted by molar-refractivity contribution is -0.142. The number of benzene rings is 1. The monoisotopic (exact) mass is 251 g/mol. The number of aryl methyl sites for hydroxylation is 1. The second kappa shape index (κ2) is 6.05. The number of anilines is 1. The van der Waals surface area contributed by atoms with Crippen LogP contribution in [-0.4, -0.2) is 24.1 Å². The Balaban J connectivity index is 2.75. The highest BCUT2D eigenvalue weighted by Crippen LogP contribution is 2.25. The molecular weight excluding hydrogens is 234 g/mol. The number of carbonyl (C=O) groups excluding carboxylic acids is 1. The summed E-state index contributed by atoms with van der Waals surface area (Å²) in [5, 5.41) is 11.4. The van der Waals surface area contributed by atoms with Crippen molar-refractivity contribution in [3.05, 3.63) is 23.8 Å². The molecule has 1 aromatic carbocycles. The first-order valence-electron chi connectivity index (χ1n) is 5.61. The number of ether oxygens (including phenoxy) is 1. The summed E-state index contributed by atoms with van der Waals surface area (Å²) in [5.41, 5.74) is 1.54. The molecule has 18 heavy (non-hydrogen) atoms. The third kappa shape index (κ3) is 3.76. The Labute approximate surface area is 106 Å². The van der Waals surface area contributed by atoms with Gasteiger partial charge in [0, 0.05) is 6.42 Å². The molecule has 0 spiro atoms. The van der Waals surface area contributed by atoms with E-state index in [-0.39, 0.29) is 12.3 Å². The maximum absolute atomic E-state index is 11.7. The molecule has 0 aliphatic heterocycles. The summed E-state index contributed by atoms with van der Waals surface area (Å²) in [7, 11) is 1.51. The predicted octanol–water partition coefficient (Wildman–Crippen LogP) is 2.05. The molecule has 0 fully saturated rings. The van der Waals surface area contributed by atoms with Crippen molar-refractivity contribution in [2.24, 2.45) is 5.92 Å². The van der Waals surface area contributed by atoms with Gasteiger partial charge in [0.1, 0.15) is 5.75 Å². The molecular formula is C13H17NO4. The summed E-state index contributed by atoms with van der Waals surface area (Å²) in [6.45, 7) is 3.39. The average Bonchev–Trinajstić information content (AvgIpc) is 2.28. The Kier molecular flexibility index (Phi) is 4.71. The van der Waals surface area contributed by atoms with Crippen LogP contribution in [0.25, 0.3) is 0 Å². The van der Waals surface area contributed by atoms with Crippen LogP contribution in [-0.2, 0) is 9.59 Å². The van der Waals surface area contributed by atoms with Crippen LogP contribution in [0.2, 0.25) is 0 Å². The zero-order chi connectivity index (χ0) is 13.7. The fraction of sp³-hybridized carbons (Fsp3) is 0.385. The van der Waals surface area contributed by atoms with Gasteiger partial charge in [-0.15, -0.1) is 0 Å². The average molecular weight is 251 g/mol. The van der Waals surface area contributed by atoms with E-state index in [0.717, 1.165) is 5.56 Å². The van der Waals surface area contributed by atoms with Crippen LogP contribution >= 0.6 is 0 Å². The summed E-state index contributed by atoms with van der Waals surface area (Å²) in [4.78, 5) is 22.3. The Morgan fingerprint density at radius 2 is 2.11 bits per heavy atom. The topological polar surface area (TPSA) is 75.6 Å². The van der Waals surface area contributed by atoms with E-state index in [4.69, 9.17) is 9.84 Å². The van der Waals surface area contributed by atoms with E-state index in [9.17, 15) is 9.59 Å². The largest absolute Gasteiger partial charge is 0.495 e. The van der Waals surface area contributed by atoms with Gasteiger partial charge in [-0.05, 0) is 24.6 Å². The van der Waals surface area contributed by atoms with E-state index in [1.807, 2.05) is 13.0 Å². The molecule has 1 rings (SSSR count). The summed E-state index contributed by atoms with van der Waals surface area (Å²) >= 11 is 0. The molecule has 0 aliphatic rings. The second-order valence-electron chi connectivity index (χ2n) is 4.20. The molecule has 0 heterocycles. The Bertz CT molecular complexity index is 456. The fourth-order valence-electron chi connectivity index (χ4n) is 1.49. The van der Waals surface area contributed by atoms with Crippen LogP contribution in [0, 0.1) is 12.8 Å². The van der Waals surface area contributed by atoms with Crippen LogP contribution in [0.15, 0.2) is 18.2 Å².